The maximum absolute atomic E-state index is 12.4. The third-order valence-corrected chi connectivity index (χ3v) is 4.56. The molecule has 1 heterocycles. The van der Waals surface area contributed by atoms with Crippen molar-refractivity contribution in [2.45, 2.75) is 44.9 Å². The van der Waals surface area contributed by atoms with Crippen LogP contribution in [0.5, 0.6) is 0 Å². The zero-order chi connectivity index (χ0) is 18.4. The first-order chi connectivity index (χ1) is 11.9. The predicted molar refractivity (Wildman–Crippen MR) is 92.7 cm³/mol. The van der Waals surface area contributed by atoms with E-state index in [0.29, 0.717) is 31.4 Å². The molecule has 1 aliphatic heterocycles. The molecule has 0 saturated carbocycles. The molecule has 7 nitrogen and oxygen atoms in total. The van der Waals surface area contributed by atoms with Crippen LogP contribution < -0.4 is 16.0 Å². The summed E-state index contributed by atoms with van der Waals surface area (Å²) in [4.78, 5) is 46.7. The Kier molecular flexibility index (Phi) is 5.90. The van der Waals surface area contributed by atoms with E-state index in [1.807, 2.05) is 6.92 Å². The van der Waals surface area contributed by atoms with Gasteiger partial charge in [0.1, 0.15) is 0 Å². The standard InChI is InChI=1S/C18H23N3O4/c1-3-14(22)19-11-16(24)20-13-7-5-12(6-8-13)18(4-2)10-9-15(23)21-17(18)25/h5-8H,3-4,9-11H2,1-2H3,(H,19,22)(H,20,24)(H,21,23,25)/t18-/m0/s1. The molecule has 1 atom stereocenters. The Bertz CT molecular complexity index is 684. The van der Waals surface area contributed by atoms with Gasteiger partial charge in [0.05, 0.1) is 12.0 Å². The molecule has 0 bridgehead atoms. The molecule has 0 aliphatic carbocycles. The van der Waals surface area contributed by atoms with E-state index in [9.17, 15) is 19.2 Å². The summed E-state index contributed by atoms with van der Waals surface area (Å²) in [5, 5.41) is 7.61. The summed E-state index contributed by atoms with van der Waals surface area (Å²) in [7, 11) is 0. The maximum Gasteiger partial charge on any atom is 0.243 e. The van der Waals surface area contributed by atoms with Gasteiger partial charge in [-0.1, -0.05) is 26.0 Å². The average molecular weight is 345 g/mol. The molecule has 7 heteroatoms. The lowest BCUT2D eigenvalue weighted by molar-refractivity contribution is -0.138. The molecule has 134 valence electrons. The Morgan fingerprint density at radius 2 is 1.80 bits per heavy atom. The van der Waals surface area contributed by atoms with Crippen LogP contribution in [-0.2, 0) is 24.6 Å². The van der Waals surface area contributed by atoms with Crippen LogP contribution >= 0.6 is 0 Å². The van der Waals surface area contributed by atoms with Crippen molar-refractivity contribution in [2.24, 2.45) is 0 Å². The molecule has 3 N–H and O–H groups in total. The molecule has 1 aromatic carbocycles. The normalized spacial score (nSPS) is 19.9. The molecule has 0 spiro atoms. The number of amides is 4. The highest BCUT2D eigenvalue weighted by Gasteiger charge is 2.42. The Morgan fingerprint density at radius 3 is 2.36 bits per heavy atom. The second-order valence-corrected chi connectivity index (χ2v) is 6.07. The van der Waals surface area contributed by atoms with Crippen molar-refractivity contribution in [3.8, 4) is 0 Å². The summed E-state index contributed by atoms with van der Waals surface area (Å²) in [5.41, 5.74) is 0.682. The fourth-order valence-electron chi connectivity index (χ4n) is 2.95. The van der Waals surface area contributed by atoms with Gasteiger partial charge in [-0.25, -0.2) is 0 Å². The molecule has 1 aliphatic rings. The highest BCUT2D eigenvalue weighted by atomic mass is 16.2. The third-order valence-electron chi connectivity index (χ3n) is 4.56. The second-order valence-electron chi connectivity index (χ2n) is 6.07. The predicted octanol–water partition coefficient (Wildman–Crippen LogP) is 1.24. The van der Waals surface area contributed by atoms with E-state index >= 15 is 0 Å². The van der Waals surface area contributed by atoms with Crippen LogP contribution in [0, 0.1) is 0 Å². The minimum atomic E-state index is -0.717. The lowest BCUT2D eigenvalue weighted by Crippen LogP contribution is -2.51. The smallest absolute Gasteiger partial charge is 0.243 e. The number of nitrogens with one attached hydrogen (secondary N) is 3. The number of rotatable bonds is 6. The monoisotopic (exact) mass is 345 g/mol. The fourth-order valence-corrected chi connectivity index (χ4v) is 2.95. The van der Waals surface area contributed by atoms with E-state index in [4.69, 9.17) is 0 Å². The summed E-state index contributed by atoms with van der Waals surface area (Å²) in [6.45, 7) is 3.55. The van der Waals surface area contributed by atoms with Crippen molar-refractivity contribution in [1.82, 2.24) is 10.6 Å². The van der Waals surface area contributed by atoms with Gasteiger partial charge in [0.25, 0.3) is 0 Å². The van der Waals surface area contributed by atoms with Crippen molar-refractivity contribution in [3.63, 3.8) is 0 Å². The van der Waals surface area contributed by atoms with Gasteiger partial charge in [0.2, 0.25) is 23.6 Å². The largest absolute Gasteiger partial charge is 0.347 e. The first kappa shape index (κ1) is 18.6. The van der Waals surface area contributed by atoms with Crippen molar-refractivity contribution in [2.75, 3.05) is 11.9 Å². The Morgan fingerprint density at radius 1 is 1.12 bits per heavy atom. The van der Waals surface area contributed by atoms with Crippen LogP contribution in [0.15, 0.2) is 24.3 Å². The van der Waals surface area contributed by atoms with Gasteiger partial charge >= 0.3 is 0 Å². The van der Waals surface area contributed by atoms with Crippen LogP contribution in [0.4, 0.5) is 5.69 Å². The quantitative estimate of drug-likeness (QED) is 0.675. The summed E-state index contributed by atoms with van der Waals surface area (Å²) in [6, 6.07) is 7.02. The van der Waals surface area contributed by atoms with Crippen LogP contribution in [-0.4, -0.2) is 30.2 Å². The zero-order valence-electron chi connectivity index (χ0n) is 14.5. The van der Waals surface area contributed by atoms with E-state index in [-0.39, 0.29) is 30.2 Å². The highest BCUT2D eigenvalue weighted by Crippen LogP contribution is 2.36. The molecule has 25 heavy (non-hydrogen) atoms. The maximum atomic E-state index is 12.4. The fraction of sp³-hybridized carbons (Fsp3) is 0.444. The average Bonchev–Trinajstić information content (AvgIpc) is 2.61. The van der Waals surface area contributed by atoms with Gasteiger partial charge in [-0.15, -0.1) is 0 Å². The van der Waals surface area contributed by atoms with E-state index < -0.39 is 5.41 Å². The molecular formula is C18H23N3O4. The second kappa shape index (κ2) is 7.92. The number of hydrogen-bond donors (Lipinski definition) is 3. The van der Waals surface area contributed by atoms with Gasteiger partial charge in [-0.05, 0) is 30.5 Å². The number of anilines is 1. The Labute approximate surface area is 146 Å². The topological polar surface area (TPSA) is 104 Å². The van der Waals surface area contributed by atoms with Crippen LogP contribution in [0.25, 0.3) is 0 Å². The first-order valence-corrected chi connectivity index (χ1v) is 8.42. The Balaban J connectivity index is 2.06. The summed E-state index contributed by atoms with van der Waals surface area (Å²) >= 11 is 0. The number of hydrogen-bond acceptors (Lipinski definition) is 4. The van der Waals surface area contributed by atoms with E-state index in [2.05, 4.69) is 16.0 Å². The van der Waals surface area contributed by atoms with E-state index in [1.165, 1.54) is 0 Å². The van der Waals surface area contributed by atoms with Gasteiger partial charge < -0.3 is 10.6 Å². The molecule has 0 unspecified atom stereocenters. The van der Waals surface area contributed by atoms with Gasteiger partial charge in [0, 0.05) is 18.5 Å². The molecule has 1 fully saturated rings. The minimum absolute atomic E-state index is 0.0855. The number of piperidine rings is 1. The molecule has 0 aromatic heterocycles. The first-order valence-electron chi connectivity index (χ1n) is 8.42. The number of benzene rings is 1. The van der Waals surface area contributed by atoms with Gasteiger partial charge in [-0.3, -0.25) is 24.5 Å². The van der Waals surface area contributed by atoms with Crippen molar-refractivity contribution >= 4 is 29.3 Å². The lowest BCUT2D eigenvalue weighted by Gasteiger charge is -2.35. The molecular weight excluding hydrogens is 322 g/mol. The highest BCUT2D eigenvalue weighted by molar-refractivity contribution is 6.03. The Hall–Kier alpha value is -2.70. The number of carbonyl (C=O) groups is 4. The molecule has 0 radical (unpaired) electrons. The van der Waals surface area contributed by atoms with Crippen molar-refractivity contribution in [3.05, 3.63) is 29.8 Å². The van der Waals surface area contributed by atoms with Crippen LogP contribution in [0.3, 0.4) is 0 Å². The summed E-state index contributed by atoms with van der Waals surface area (Å²) in [5.74, 6) is -1.02. The van der Waals surface area contributed by atoms with Crippen molar-refractivity contribution in [1.29, 1.82) is 0 Å². The van der Waals surface area contributed by atoms with Crippen molar-refractivity contribution < 1.29 is 19.2 Å². The molecule has 1 saturated heterocycles. The number of imide groups is 1. The molecule has 4 amide bonds. The zero-order valence-corrected chi connectivity index (χ0v) is 14.5. The molecule has 2 rings (SSSR count). The molecule has 1 aromatic rings. The van der Waals surface area contributed by atoms with Crippen LogP contribution in [0.1, 0.15) is 45.1 Å². The van der Waals surface area contributed by atoms with Gasteiger partial charge in [-0.2, -0.15) is 0 Å². The number of carbonyl (C=O) groups excluding carboxylic acids is 4. The summed E-state index contributed by atoms with van der Waals surface area (Å²) < 4.78 is 0. The van der Waals surface area contributed by atoms with Gasteiger partial charge in [0.15, 0.2) is 0 Å². The summed E-state index contributed by atoms with van der Waals surface area (Å²) in [6.07, 6.45) is 1.70. The van der Waals surface area contributed by atoms with Crippen LogP contribution in [0.2, 0.25) is 0 Å². The SMILES string of the molecule is CCC(=O)NCC(=O)Nc1ccc([C@]2(CC)CCC(=O)NC2=O)cc1. The van der Waals surface area contributed by atoms with E-state index in [1.54, 1.807) is 31.2 Å². The third kappa shape index (κ3) is 4.23. The van der Waals surface area contributed by atoms with E-state index in [0.717, 1.165) is 5.56 Å². The lowest BCUT2D eigenvalue weighted by atomic mass is 9.72. The minimum Gasteiger partial charge on any atom is -0.347 e.